The minimum absolute atomic E-state index is 0.165. The van der Waals surface area contributed by atoms with E-state index in [0.717, 1.165) is 12.0 Å². The van der Waals surface area contributed by atoms with Crippen molar-refractivity contribution >= 4 is 29.6 Å². The van der Waals surface area contributed by atoms with Crippen molar-refractivity contribution in [2.75, 3.05) is 19.0 Å². The molecule has 0 aliphatic carbocycles. The second kappa shape index (κ2) is 13.3. The Kier molecular flexibility index (Phi) is 9.58. The second-order valence-electron chi connectivity index (χ2n) is 7.69. The molecule has 0 aromatic heterocycles. The summed E-state index contributed by atoms with van der Waals surface area (Å²) in [5.74, 6) is -0.830. The lowest BCUT2D eigenvalue weighted by molar-refractivity contribution is -0.139. The third kappa shape index (κ3) is 8.28. The van der Waals surface area contributed by atoms with Crippen LogP contribution >= 0.6 is 0 Å². The van der Waals surface area contributed by atoms with Crippen LogP contribution in [0.25, 0.3) is 0 Å². The van der Waals surface area contributed by atoms with Crippen molar-refractivity contribution in [1.82, 2.24) is 10.7 Å². The molecule has 0 saturated heterocycles. The highest BCUT2D eigenvalue weighted by molar-refractivity contribution is 6.35. The largest absolute Gasteiger partial charge is 0.497 e. The molecule has 0 saturated carbocycles. The number of rotatable bonds is 10. The van der Waals surface area contributed by atoms with Crippen LogP contribution in [0.4, 0.5) is 5.69 Å². The Labute approximate surface area is 209 Å². The number of hydrazone groups is 1. The Morgan fingerprint density at radius 1 is 0.889 bits per heavy atom. The van der Waals surface area contributed by atoms with Gasteiger partial charge in [-0.2, -0.15) is 5.10 Å². The summed E-state index contributed by atoms with van der Waals surface area (Å²) in [7, 11) is 1.57. The fourth-order valence-electron chi connectivity index (χ4n) is 3.08. The highest BCUT2D eigenvalue weighted by Crippen LogP contribution is 2.13. The summed E-state index contributed by atoms with van der Waals surface area (Å²) in [6.45, 7) is 2.09. The molecule has 0 atom stereocenters. The van der Waals surface area contributed by atoms with Gasteiger partial charge < -0.3 is 20.1 Å². The average Bonchev–Trinajstić information content (AvgIpc) is 2.91. The molecule has 3 rings (SSSR count). The predicted molar refractivity (Wildman–Crippen MR) is 137 cm³/mol. The van der Waals surface area contributed by atoms with Gasteiger partial charge in [0.15, 0.2) is 6.61 Å². The molecule has 3 aromatic carbocycles. The molecule has 9 heteroatoms. The summed E-state index contributed by atoms with van der Waals surface area (Å²) in [5.41, 5.74) is 5.50. The Morgan fingerprint density at radius 3 is 2.31 bits per heavy atom. The SMILES string of the molecule is CCc1ccc(NC(=O)COc2cccc(/C=N\NC(=O)C(=O)NCc3ccc(OC)cc3)c2)cc1. The monoisotopic (exact) mass is 488 g/mol. The Balaban J connectivity index is 1.42. The third-order valence-corrected chi connectivity index (χ3v) is 5.07. The molecule has 3 N–H and O–H groups in total. The maximum Gasteiger partial charge on any atom is 0.329 e. The summed E-state index contributed by atoms with van der Waals surface area (Å²) in [6, 6.07) is 21.5. The highest BCUT2D eigenvalue weighted by Gasteiger charge is 2.12. The van der Waals surface area contributed by atoms with Crippen LogP contribution in [-0.4, -0.2) is 37.7 Å². The number of methoxy groups -OCH3 is 1. The van der Waals surface area contributed by atoms with Crippen LogP contribution in [0.1, 0.15) is 23.6 Å². The van der Waals surface area contributed by atoms with E-state index in [0.29, 0.717) is 22.7 Å². The van der Waals surface area contributed by atoms with Crippen molar-refractivity contribution < 1.29 is 23.9 Å². The number of carbonyl (C=O) groups excluding carboxylic acids is 3. The van der Waals surface area contributed by atoms with Gasteiger partial charge in [0, 0.05) is 12.2 Å². The van der Waals surface area contributed by atoms with Crippen LogP contribution in [0.5, 0.6) is 11.5 Å². The van der Waals surface area contributed by atoms with E-state index < -0.39 is 11.8 Å². The number of nitrogens with one attached hydrogen (secondary N) is 3. The molecule has 9 nitrogen and oxygen atoms in total. The maximum atomic E-state index is 12.2. The molecule has 0 aliphatic rings. The zero-order valence-electron chi connectivity index (χ0n) is 20.1. The first-order valence-electron chi connectivity index (χ1n) is 11.3. The number of benzene rings is 3. The van der Waals surface area contributed by atoms with Crippen LogP contribution in [0.3, 0.4) is 0 Å². The van der Waals surface area contributed by atoms with Gasteiger partial charge in [0.25, 0.3) is 5.91 Å². The number of carbonyl (C=O) groups is 3. The van der Waals surface area contributed by atoms with Crippen molar-refractivity contribution in [2.45, 2.75) is 19.9 Å². The van der Waals surface area contributed by atoms with E-state index in [1.165, 1.54) is 11.8 Å². The summed E-state index contributed by atoms with van der Waals surface area (Å²) in [5, 5.41) is 9.11. The number of ether oxygens (including phenoxy) is 2. The van der Waals surface area contributed by atoms with E-state index in [1.807, 2.05) is 24.3 Å². The number of nitrogens with zero attached hydrogens (tertiary/aromatic N) is 1. The smallest absolute Gasteiger partial charge is 0.329 e. The van der Waals surface area contributed by atoms with E-state index in [2.05, 4.69) is 28.1 Å². The first kappa shape index (κ1) is 26.0. The van der Waals surface area contributed by atoms with E-state index in [9.17, 15) is 14.4 Å². The summed E-state index contributed by atoms with van der Waals surface area (Å²) >= 11 is 0. The first-order chi connectivity index (χ1) is 17.5. The van der Waals surface area contributed by atoms with Crippen LogP contribution in [0, 0.1) is 0 Å². The zero-order chi connectivity index (χ0) is 25.8. The van der Waals surface area contributed by atoms with Crippen molar-refractivity contribution in [3.63, 3.8) is 0 Å². The molecule has 36 heavy (non-hydrogen) atoms. The molecule has 0 radical (unpaired) electrons. The second-order valence-corrected chi connectivity index (χ2v) is 7.69. The standard InChI is InChI=1S/C27H28N4O5/c1-3-19-7-11-22(12-8-19)30-25(32)18-36-24-6-4-5-21(15-24)17-29-31-27(34)26(33)28-16-20-9-13-23(35-2)14-10-20/h4-15,17H,3,16,18H2,1-2H3,(H,28,33)(H,30,32)(H,31,34)/b29-17-. The average molecular weight is 489 g/mol. The van der Waals surface area contributed by atoms with Crippen molar-refractivity contribution in [3.8, 4) is 11.5 Å². The lowest BCUT2D eigenvalue weighted by atomic mass is 10.1. The third-order valence-electron chi connectivity index (χ3n) is 5.07. The van der Waals surface area contributed by atoms with Crippen LogP contribution in [0.15, 0.2) is 77.9 Å². The molecule has 3 aromatic rings. The summed E-state index contributed by atoms with van der Waals surface area (Å²) in [6.07, 6.45) is 2.30. The van der Waals surface area contributed by atoms with E-state index in [-0.39, 0.29) is 19.1 Å². The Morgan fingerprint density at radius 2 is 1.61 bits per heavy atom. The van der Waals surface area contributed by atoms with Gasteiger partial charge in [-0.25, -0.2) is 5.43 Å². The lowest BCUT2D eigenvalue weighted by Crippen LogP contribution is -2.37. The molecule has 0 fully saturated rings. The van der Waals surface area contributed by atoms with Crippen LogP contribution in [-0.2, 0) is 27.3 Å². The van der Waals surface area contributed by atoms with Crippen LogP contribution < -0.4 is 25.5 Å². The highest BCUT2D eigenvalue weighted by atomic mass is 16.5. The molecule has 3 amide bonds. The molecule has 186 valence electrons. The summed E-state index contributed by atoms with van der Waals surface area (Å²) < 4.78 is 10.6. The number of anilines is 1. The van der Waals surface area contributed by atoms with Gasteiger partial charge in [0.05, 0.1) is 13.3 Å². The quantitative estimate of drug-likeness (QED) is 0.230. The molecule has 0 bridgehead atoms. The fraction of sp³-hybridized carbons (Fsp3) is 0.185. The van der Waals surface area contributed by atoms with E-state index in [4.69, 9.17) is 9.47 Å². The summed E-state index contributed by atoms with van der Waals surface area (Å²) in [4.78, 5) is 36.1. The topological polar surface area (TPSA) is 118 Å². The molecular formula is C27H28N4O5. The molecule has 0 heterocycles. The Hall–Kier alpha value is -4.66. The lowest BCUT2D eigenvalue weighted by Gasteiger charge is -2.08. The van der Waals surface area contributed by atoms with E-state index >= 15 is 0 Å². The molecular weight excluding hydrogens is 460 g/mol. The zero-order valence-corrected chi connectivity index (χ0v) is 20.1. The molecule has 0 spiro atoms. The van der Waals surface area contributed by atoms with Gasteiger partial charge in [0.2, 0.25) is 0 Å². The molecule has 0 aliphatic heterocycles. The number of hydrogen-bond donors (Lipinski definition) is 3. The normalized spacial score (nSPS) is 10.5. The first-order valence-corrected chi connectivity index (χ1v) is 11.3. The van der Waals surface area contributed by atoms with Gasteiger partial charge >= 0.3 is 11.8 Å². The van der Waals surface area contributed by atoms with Crippen molar-refractivity contribution in [3.05, 3.63) is 89.5 Å². The van der Waals surface area contributed by atoms with Crippen LogP contribution in [0.2, 0.25) is 0 Å². The van der Waals surface area contributed by atoms with Crippen molar-refractivity contribution in [1.29, 1.82) is 0 Å². The van der Waals surface area contributed by atoms with Gasteiger partial charge in [0.1, 0.15) is 11.5 Å². The van der Waals surface area contributed by atoms with Gasteiger partial charge in [-0.3, -0.25) is 14.4 Å². The van der Waals surface area contributed by atoms with Gasteiger partial charge in [-0.05, 0) is 59.5 Å². The van der Waals surface area contributed by atoms with Gasteiger partial charge in [-0.1, -0.05) is 43.3 Å². The number of amides is 3. The maximum absolute atomic E-state index is 12.2. The minimum atomic E-state index is -0.893. The minimum Gasteiger partial charge on any atom is -0.497 e. The van der Waals surface area contributed by atoms with Gasteiger partial charge in [-0.15, -0.1) is 0 Å². The van der Waals surface area contributed by atoms with Crippen molar-refractivity contribution in [2.24, 2.45) is 5.10 Å². The Bertz CT molecular complexity index is 1210. The predicted octanol–water partition coefficient (Wildman–Crippen LogP) is 3.04. The molecule has 0 unspecified atom stereocenters. The van der Waals surface area contributed by atoms with E-state index in [1.54, 1.807) is 55.6 Å². The number of aryl methyl sites for hydroxylation is 1. The number of hydrogen-bond acceptors (Lipinski definition) is 6. The fourth-order valence-corrected chi connectivity index (χ4v) is 3.08.